The first kappa shape index (κ1) is 21.1. The molecule has 8 atom stereocenters. The second-order valence-electron chi connectivity index (χ2n) is 12.1. The predicted molar refractivity (Wildman–Crippen MR) is 128 cm³/mol. The molecule has 4 aliphatic carbocycles. The Bertz CT molecular complexity index is 695. The third-order valence-electron chi connectivity index (χ3n) is 10.7. The highest BCUT2D eigenvalue weighted by molar-refractivity contribution is 5.63. The first-order valence-electron chi connectivity index (χ1n) is 13.5. The van der Waals surface area contributed by atoms with Crippen molar-refractivity contribution in [2.75, 3.05) is 0 Å². The van der Waals surface area contributed by atoms with Crippen LogP contribution in [0.3, 0.4) is 0 Å². The molecular formula is C28H46N2. The monoisotopic (exact) mass is 410 g/mol. The maximum absolute atomic E-state index is 4.97. The number of hydrogen-bond acceptors (Lipinski definition) is 2. The van der Waals surface area contributed by atoms with Crippen LogP contribution >= 0.6 is 0 Å². The zero-order chi connectivity index (χ0) is 20.9. The van der Waals surface area contributed by atoms with Crippen molar-refractivity contribution >= 4 is 6.34 Å². The van der Waals surface area contributed by atoms with Crippen molar-refractivity contribution in [3.05, 3.63) is 11.8 Å². The van der Waals surface area contributed by atoms with Crippen LogP contribution in [-0.4, -0.2) is 23.3 Å². The van der Waals surface area contributed by atoms with Crippen LogP contribution in [0.1, 0.15) is 111 Å². The van der Waals surface area contributed by atoms with Gasteiger partial charge in [-0.3, -0.25) is 4.99 Å². The average molecular weight is 411 g/mol. The van der Waals surface area contributed by atoms with E-state index in [0.717, 1.165) is 23.7 Å². The van der Waals surface area contributed by atoms with Gasteiger partial charge in [0.1, 0.15) is 0 Å². The number of nitrogens with zero attached hydrogens (tertiary/aromatic N) is 2. The topological polar surface area (TPSA) is 15.6 Å². The molecular weight excluding hydrogens is 364 g/mol. The third-order valence-corrected chi connectivity index (χ3v) is 10.7. The molecule has 5 rings (SSSR count). The SMILES string of the molecule is CCCC1CCC2C(CC[C@]3(C)C(N4C=NC5CCCC[C@@H]54)=CCC23)[C@@]1(C)CCC. The molecule has 0 bridgehead atoms. The molecule has 0 aromatic rings. The standard InChI is InChI=1S/C28H46N2/c1-5-9-20-12-13-21-22-14-15-26(30-19-29-24-10-7-8-11-25(24)30)28(22,4)18-16-23(21)27(20,3)17-6-2/h15,19-25H,5-14,16-18H2,1-4H3/t20?,21?,22?,23?,24?,25-,27-,28-/m0/s1. The summed E-state index contributed by atoms with van der Waals surface area (Å²) in [5.74, 6) is 3.75. The van der Waals surface area contributed by atoms with E-state index in [0.29, 0.717) is 22.9 Å². The molecule has 168 valence electrons. The Hall–Kier alpha value is -0.790. The second-order valence-corrected chi connectivity index (χ2v) is 12.1. The van der Waals surface area contributed by atoms with Crippen LogP contribution in [0, 0.1) is 34.5 Å². The number of hydrogen-bond donors (Lipinski definition) is 0. The summed E-state index contributed by atoms with van der Waals surface area (Å²) in [6, 6.07) is 1.25. The van der Waals surface area contributed by atoms with E-state index < -0.39 is 0 Å². The number of aliphatic imine (C=N–C) groups is 1. The van der Waals surface area contributed by atoms with Gasteiger partial charge < -0.3 is 4.90 Å². The van der Waals surface area contributed by atoms with Crippen LogP contribution in [0.25, 0.3) is 0 Å². The van der Waals surface area contributed by atoms with Crippen molar-refractivity contribution < 1.29 is 0 Å². The summed E-state index contributed by atoms with van der Waals surface area (Å²) in [6.45, 7) is 10.2. The van der Waals surface area contributed by atoms with Gasteiger partial charge in [-0.05, 0) is 80.5 Å². The van der Waals surface area contributed by atoms with Gasteiger partial charge in [0, 0.05) is 11.1 Å². The Morgan fingerprint density at radius 1 is 1.00 bits per heavy atom. The zero-order valence-corrected chi connectivity index (χ0v) is 20.2. The van der Waals surface area contributed by atoms with Crippen LogP contribution in [-0.2, 0) is 0 Å². The molecule has 3 saturated carbocycles. The van der Waals surface area contributed by atoms with E-state index >= 15 is 0 Å². The van der Waals surface area contributed by atoms with Crippen LogP contribution in [0.4, 0.5) is 0 Å². The second kappa shape index (κ2) is 7.96. The minimum atomic E-state index is 0.393. The summed E-state index contributed by atoms with van der Waals surface area (Å²) in [6.07, 6.45) is 23.2. The van der Waals surface area contributed by atoms with E-state index in [4.69, 9.17) is 4.99 Å². The highest BCUT2D eigenvalue weighted by Crippen LogP contribution is 2.66. The minimum Gasteiger partial charge on any atom is -0.331 e. The summed E-state index contributed by atoms with van der Waals surface area (Å²) in [7, 11) is 0. The summed E-state index contributed by atoms with van der Waals surface area (Å²) in [5, 5.41) is 0. The van der Waals surface area contributed by atoms with Gasteiger partial charge >= 0.3 is 0 Å². The van der Waals surface area contributed by atoms with Crippen LogP contribution in [0.5, 0.6) is 0 Å². The lowest BCUT2D eigenvalue weighted by Crippen LogP contribution is -2.53. The Morgan fingerprint density at radius 3 is 2.63 bits per heavy atom. The molecule has 0 radical (unpaired) electrons. The minimum absolute atomic E-state index is 0.393. The van der Waals surface area contributed by atoms with E-state index in [1.165, 1.54) is 83.5 Å². The van der Waals surface area contributed by atoms with Crippen LogP contribution in [0.2, 0.25) is 0 Å². The number of allylic oxidation sites excluding steroid dienone is 2. The van der Waals surface area contributed by atoms with Crippen molar-refractivity contribution in [2.45, 2.75) is 123 Å². The lowest BCUT2D eigenvalue weighted by Gasteiger charge is -2.59. The van der Waals surface area contributed by atoms with Gasteiger partial charge in [-0.25, -0.2) is 0 Å². The normalized spacial score (nSPS) is 47.6. The molecule has 1 heterocycles. The van der Waals surface area contributed by atoms with E-state index in [9.17, 15) is 0 Å². The van der Waals surface area contributed by atoms with Crippen molar-refractivity contribution in [1.82, 2.24) is 4.90 Å². The predicted octanol–water partition coefficient (Wildman–Crippen LogP) is 7.59. The maximum atomic E-state index is 4.97. The first-order valence-corrected chi connectivity index (χ1v) is 13.5. The molecule has 5 aliphatic rings. The lowest BCUT2D eigenvalue weighted by atomic mass is 9.46. The summed E-state index contributed by atoms with van der Waals surface area (Å²) < 4.78 is 0. The van der Waals surface area contributed by atoms with Gasteiger partial charge in [-0.2, -0.15) is 0 Å². The van der Waals surface area contributed by atoms with E-state index in [-0.39, 0.29) is 0 Å². The van der Waals surface area contributed by atoms with Gasteiger partial charge in [0.15, 0.2) is 0 Å². The molecule has 2 nitrogen and oxygen atoms in total. The highest BCUT2D eigenvalue weighted by Gasteiger charge is 2.58. The molecule has 0 aromatic heterocycles. The van der Waals surface area contributed by atoms with Crippen molar-refractivity contribution in [3.8, 4) is 0 Å². The molecule has 2 heteroatoms. The Labute approximate surface area is 186 Å². The van der Waals surface area contributed by atoms with Crippen molar-refractivity contribution in [3.63, 3.8) is 0 Å². The fraction of sp³-hybridized carbons (Fsp3) is 0.893. The van der Waals surface area contributed by atoms with Gasteiger partial charge in [0.05, 0.1) is 18.4 Å². The van der Waals surface area contributed by atoms with E-state index in [1.54, 1.807) is 5.70 Å². The Kier molecular flexibility index (Phi) is 5.60. The lowest BCUT2D eigenvalue weighted by molar-refractivity contribution is -0.0914. The highest BCUT2D eigenvalue weighted by atomic mass is 15.3. The molecule has 3 fully saturated rings. The van der Waals surface area contributed by atoms with Gasteiger partial charge in [0.25, 0.3) is 0 Å². The zero-order valence-electron chi connectivity index (χ0n) is 20.2. The quantitative estimate of drug-likeness (QED) is 0.455. The third kappa shape index (κ3) is 3.06. The molecule has 0 saturated heterocycles. The van der Waals surface area contributed by atoms with E-state index in [1.807, 2.05) is 0 Å². The van der Waals surface area contributed by atoms with Gasteiger partial charge in [-0.1, -0.05) is 65.9 Å². The largest absolute Gasteiger partial charge is 0.331 e. The summed E-state index contributed by atoms with van der Waals surface area (Å²) in [5.41, 5.74) is 2.66. The molecule has 1 aliphatic heterocycles. The summed E-state index contributed by atoms with van der Waals surface area (Å²) >= 11 is 0. The van der Waals surface area contributed by atoms with Crippen molar-refractivity contribution in [2.24, 2.45) is 39.5 Å². The van der Waals surface area contributed by atoms with E-state index in [2.05, 4.69) is 45.0 Å². The van der Waals surface area contributed by atoms with Crippen molar-refractivity contribution in [1.29, 1.82) is 0 Å². The number of fused-ring (bicyclic) bond motifs is 4. The van der Waals surface area contributed by atoms with Crippen LogP contribution in [0.15, 0.2) is 16.8 Å². The first-order chi connectivity index (χ1) is 14.5. The van der Waals surface area contributed by atoms with Crippen LogP contribution < -0.4 is 0 Å². The summed E-state index contributed by atoms with van der Waals surface area (Å²) in [4.78, 5) is 7.65. The maximum Gasteiger partial charge on any atom is 0.0899 e. The number of rotatable bonds is 5. The average Bonchev–Trinajstić information content (AvgIpc) is 3.31. The Balaban J connectivity index is 1.39. The molecule has 0 amide bonds. The Morgan fingerprint density at radius 2 is 1.83 bits per heavy atom. The molecule has 0 N–H and O–H groups in total. The fourth-order valence-corrected chi connectivity index (χ4v) is 9.30. The van der Waals surface area contributed by atoms with Gasteiger partial charge in [-0.15, -0.1) is 0 Å². The molecule has 5 unspecified atom stereocenters. The fourth-order valence-electron chi connectivity index (χ4n) is 9.30. The van der Waals surface area contributed by atoms with Gasteiger partial charge in [0.2, 0.25) is 0 Å². The molecule has 0 spiro atoms. The smallest absolute Gasteiger partial charge is 0.0899 e. The molecule has 0 aromatic carbocycles. The molecule has 30 heavy (non-hydrogen) atoms.